The van der Waals surface area contributed by atoms with E-state index in [2.05, 4.69) is 25.6 Å². The van der Waals surface area contributed by atoms with Gasteiger partial charge in [-0.2, -0.15) is 0 Å². The second kappa shape index (κ2) is 7.82. The van der Waals surface area contributed by atoms with Crippen molar-refractivity contribution in [1.82, 2.24) is 15.0 Å². The van der Waals surface area contributed by atoms with E-state index >= 15 is 0 Å². The first-order valence-electron chi connectivity index (χ1n) is 8.39. The monoisotopic (exact) mass is 445 g/mol. The molecule has 7 nitrogen and oxygen atoms in total. The molecule has 3 N–H and O–H groups in total. The summed E-state index contributed by atoms with van der Waals surface area (Å²) in [4.78, 5) is 35.9. The number of halogens is 2. The predicted molar refractivity (Wildman–Crippen MR) is 115 cm³/mol. The summed E-state index contributed by atoms with van der Waals surface area (Å²) < 4.78 is 0.802. The van der Waals surface area contributed by atoms with Gasteiger partial charge in [0.25, 0.3) is 11.8 Å². The maximum atomic E-state index is 12.5. The number of pyridine rings is 1. The second-order valence-electron chi connectivity index (χ2n) is 6.10. The van der Waals surface area contributed by atoms with Gasteiger partial charge >= 0.3 is 0 Å². The molecular weight excluding hydrogens is 433 g/mol. The van der Waals surface area contributed by atoms with E-state index in [0.29, 0.717) is 32.6 Å². The number of amides is 2. The van der Waals surface area contributed by atoms with E-state index in [-0.39, 0.29) is 16.6 Å². The van der Waals surface area contributed by atoms with Crippen LogP contribution in [0.3, 0.4) is 0 Å². The fourth-order valence-electron chi connectivity index (χ4n) is 2.64. The molecule has 3 heterocycles. The lowest BCUT2D eigenvalue weighted by Gasteiger charge is -2.04. The average Bonchev–Trinajstić information content (AvgIpc) is 3.23. The number of nitrogens with one attached hydrogen (secondary N) is 3. The number of nitrogens with zero attached hydrogens (tertiary/aromatic N) is 2. The highest BCUT2D eigenvalue weighted by Gasteiger charge is 2.19. The molecule has 0 fully saturated rings. The second-order valence-corrected chi connectivity index (χ2v) is 7.89. The maximum Gasteiger partial charge on any atom is 0.275 e. The fraction of sp³-hybridized carbons (Fsp3) is 0.0526. The van der Waals surface area contributed by atoms with Crippen LogP contribution in [0.5, 0.6) is 0 Å². The van der Waals surface area contributed by atoms with Crippen LogP contribution in [-0.2, 0) is 0 Å². The zero-order chi connectivity index (χ0) is 20.5. The number of H-pyrrole nitrogens is 1. The number of thiazole rings is 1. The van der Waals surface area contributed by atoms with Gasteiger partial charge in [-0.05, 0) is 37.3 Å². The minimum atomic E-state index is -0.436. The number of benzene rings is 1. The highest BCUT2D eigenvalue weighted by molar-refractivity contribution is 7.22. The molecule has 146 valence electrons. The third kappa shape index (κ3) is 3.95. The molecule has 0 aliphatic carbocycles. The van der Waals surface area contributed by atoms with Crippen molar-refractivity contribution in [2.45, 2.75) is 6.92 Å². The maximum absolute atomic E-state index is 12.5. The number of aromatic amines is 1. The number of carbonyl (C=O) groups excluding carboxylic acids is 2. The van der Waals surface area contributed by atoms with Gasteiger partial charge in [-0.15, -0.1) is 0 Å². The van der Waals surface area contributed by atoms with Crippen molar-refractivity contribution in [2.24, 2.45) is 0 Å². The van der Waals surface area contributed by atoms with Crippen LogP contribution >= 0.6 is 34.5 Å². The number of hydrogen-bond acceptors (Lipinski definition) is 5. The number of carbonyl (C=O) groups is 2. The molecule has 0 spiro atoms. The lowest BCUT2D eigenvalue weighted by atomic mass is 10.2. The first kappa shape index (κ1) is 19.4. The van der Waals surface area contributed by atoms with E-state index < -0.39 is 5.91 Å². The Bertz CT molecular complexity index is 1240. The van der Waals surface area contributed by atoms with Crippen LogP contribution in [0.25, 0.3) is 10.2 Å². The standard InChI is InChI=1S/C19H13Cl2N5O2S/c1-9-14(20)15(21)16(23-9)18(28)26-19-25-12-5-4-11(7-13(12)29-19)24-17(27)10-3-2-6-22-8-10/h2-8,23H,1H3,(H,24,27)(H,25,26,28). The molecule has 0 bridgehead atoms. The Hall–Kier alpha value is -2.94. The summed E-state index contributed by atoms with van der Waals surface area (Å²) in [5, 5.41) is 6.42. The molecule has 10 heteroatoms. The van der Waals surface area contributed by atoms with E-state index in [9.17, 15) is 9.59 Å². The number of fused-ring (bicyclic) bond motifs is 1. The first-order valence-corrected chi connectivity index (χ1v) is 9.96. The topological polar surface area (TPSA) is 99.8 Å². The van der Waals surface area contributed by atoms with Crippen molar-refractivity contribution in [1.29, 1.82) is 0 Å². The van der Waals surface area contributed by atoms with Crippen LogP contribution in [0.2, 0.25) is 10.0 Å². The van der Waals surface area contributed by atoms with Crippen LogP contribution in [0.15, 0.2) is 42.7 Å². The van der Waals surface area contributed by atoms with E-state index in [4.69, 9.17) is 23.2 Å². The summed E-state index contributed by atoms with van der Waals surface area (Å²) in [6.45, 7) is 1.73. The van der Waals surface area contributed by atoms with Crippen molar-refractivity contribution in [3.8, 4) is 0 Å². The van der Waals surface area contributed by atoms with Gasteiger partial charge in [0.05, 0.1) is 25.8 Å². The molecule has 0 aliphatic rings. The van der Waals surface area contributed by atoms with Crippen LogP contribution in [0, 0.1) is 6.92 Å². The van der Waals surface area contributed by atoms with Crippen LogP contribution < -0.4 is 10.6 Å². The molecule has 0 atom stereocenters. The summed E-state index contributed by atoms with van der Waals surface area (Å²) in [6, 6.07) is 8.68. The van der Waals surface area contributed by atoms with Crippen LogP contribution in [0.1, 0.15) is 26.5 Å². The molecule has 4 aromatic rings. The number of aromatic nitrogens is 3. The fourth-order valence-corrected chi connectivity index (χ4v) is 3.96. The highest BCUT2D eigenvalue weighted by Crippen LogP contribution is 2.32. The molecule has 3 aromatic heterocycles. The zero-order valence-corrected chi connectivity index (χ0v) is 17.2. The Morgan fingerprint density at radius 2 is 1.93 bits per heavy atom. The summed E-state index contributed by atoms with van der Waals surface area (Å²) in [7, 11) is 0. The van der Waals surface area contributed by atoms with Gasteiger partial charge in [0, 0.05) is 23.8 Å². The third-order valence-corrected chi connectivity index (χ3v) is 5.95. The summed E-state index contributed by atoms with van der Waals surface area (Å²) in [5.41, 5.74) is 2.55. The van der Waals surface area contributed by atoms with Gasteiger partial charge in [-0.1, -0.05) is 34.5 Å². The molecule has 0 saturated carbocycles. The van der Waals surface area contributed by atoms with Crippen molar-refractivity contribution in [2.75, 3.05) is 10.6 Å². The Kier molecular flexibility index (Phi) is 5.23. The zero-order valence-electron chi connectivity index (χ0n) is 14.9. The van der Waals surface area contributed by atoms with Crippen molar-refractivity contribution < 1.29 is 9.59 Å². The van der Waals surface area contributed by atoms with E-state index in [1.807, 2.05) is 0 Å². The van der Waals surface area contributed by atoms with Crippen molar-refractivity contribution in [3.63, 3.8) is 0 Å². The smallest absolute Gasteiger partial charge is 0.275 e. The van der Waals surface area contributed by atoms with Gasteiger partial charge in [0.2, 0.25) is 0 Å². The van der Waals surface area contributed by atoms with Gasteiger partial charge in [-0.3, -0.25) is 19.9 Å². The highest BCUT2D eigenvalue weighted by atomic mass is 35.5. The number of hydrogen-bond donors (Lipinski definition) is 3. The Morgan fingerprint density at radius 1 is 1.10 bits per heavy atom. The quantitative estimate of drug-likeness (QED) is 0.404. The Morgan fingerprint density at radius 3 is 2.62 bits per heavy atom. The SMILES string of the molecule is Cc1[nH]c(C(=O)Nc2nc3ccc(NC(=O)c4cccnc4)cc3s2)c(Cl)c1Cl. The van der Waals surface area contributed by atoms with Gasteiger partial charge in [0.1, 0.15) is 5.69 Å². The Balaban J connectivity index is 1.53. The molecule has 1 aromatic carbocycles. The van der Waals surface area contributed by atoms with Crippen LogP contribution in [-0.4, -0.2) is 26.8 Å². The number of rotatable bonds is 4. The van der Waals surface area contributed by atoms with Gasteiger partial charge in [0.15, 0.2) is 5.13 Å². The van der Waals surface area contributed by atoms with Crippen molar-refractivity contribution >= 4 is 67.4 Å². The molecular formula is C19H13Cl2N5O2S. The first-order chi connectivity index (χ1) is 13.9. The summed E-state index contributed by atoms with van der Waals surface area (Å²) in [6.07, 6.45) is 3.10. The predicted octanol–water partition coefficient (Wildman–Crippen LogP) is 5.14. The van der Waals surface area contributed by atoms with Gasteiger partial charge < -0.3 is 10.3 Å². The Labute approximate surface area is 179 Å². The molecule has 0 aliphatic heterocycles. The number of aryl methyl sites for hydroxylation is 1. The molecule has 0 unspecified atom stereocenters. The lowest BCUT2D eigenvalue weighted by Crippen LogP contribution is -2.12. The average molecular weight is 446 g/mol. The van der Waals surface area contributed by atoms with E-state index in [0.717, 1.165) is 4.70 Å². The minimum Gasteiger partial charge on any atom is -0.352 e. The van der Waals surface area contributed by atoms with Crippen LogP contribution in [0.4, 0.5) is 10.8 Å². The number of anilines is 2. The van der Waals surface area contributed by atoms with E-state index in [1.165, 1.54) is 17.5 Å². The molecule has 0 saturated heterocycles. The third-order valence-electron chi connectivity index (χ3n) is 4.07. The largest absolute Gasteiger partial charge is 0.352 e. The molecule has 29 heavy (non-hydrogen) atoms. The molecule has 4 rings (SSSR count). The molecule has 0 radical (unpaired) electrons. The molecule has 2 amide bonds. The lowest BCUT2D eigenvalue weighted by molar-refractivity contribution is 0.101. The van der Waals surface area contributed by atoms with Crippen molar-refractivity contribution in [3.05, 3.63) is 69.7 Å². The minimum absolute atomic E-state index is 0.170. The summed E-state index contributed by atoms with van der Waals surface area (Å²) in [5.74, 6) is -0.696. The van der Waals surface area contributed by atoms with Gasteiger partial charge in [-0.25, -0.2) is 4.98 Å². The van der Waals surface area contributed by atoms with E-state index in [1.54, 1.807) is 43.5 Å². The normalized spacial score (nSPS) is 10.9. The summed E-state index contributed by atoms with van der Waals surface area (Å²) >= 11 is 13.4.